The summed E-state index contributed by atoms with van der Waals surface area (Å²) in [6, 6.07) is 8.51. The zero-order chi connectivity index (χ0) is 16.8. The summed E-state index contributed by atoms with van der Waals surface area (Å²) in [7, 11) is 0. The van der Waals surface area contributed by atoms with Crippen molar-refractivity contribution in [1.29, 1.82) is 0 Å². The number of benzene rings is 1. The summed E-state index contributed by atoms with van der Waals surface area (Å²) in [5.41, 5.74) is 7.36. The van der Waals surface area contributed by atoms with Gasteiger partial charge in [0.1, 0.15) is 0 Å². The number of nitrogens with one attached hydrogen (secondary N) is 3. The maximum absolute atomic E-state index is 12.3. The molecule has 0 aliphatic rings. The molecule has 0 aliphatic carbocycles. The molecular weight excluding hydrogens is 294 g/mol. The highest BCUT2D eigenvalue weighted by molar-refractivity contribution is 6.08. The molecule has 2 aromatic rings. The lowest BCUT2D eigenvalue weighted by Crippen LogP contribution is -2.30. The molecular formula is C16H21N5O2. The highest BCUT2D eigenvalue weighted by Gasteiger charge is 2.16. The molecule has 0 atom stereocenters. The van der Waals surface area contributed by atoms with Gasteiger partial charge < -0.3 is 16.4 Å². The first kappa shape index (κ1) is 16.7. The van der Waals surface area contributed by atoms with Crippen LogP contribution in [-0.4, -0.2) is 35.1 Å². The Morgan fingerprint density at radius 1 is 1.26 bits per heavy atom. The molecule has 0 saturated heterocycles. The van der Waals surface area contributed by atoms with E-state index in [1.54, 1.807) is 30.3 Å². The number of nitrogens with two attached hydrogens (primary N) is 1. The fraction of sp³-hybridized carbons (Fsp3) is 0.312. The van der Waals surface area contributed by atoms with Gasteiger partial charge in [-0.25, -0.2) is 0 Å². The molecule has 0 unspecified atom stereocenters. The molecule has 2 rings (SSSR count). The minimum atomic E-state index is -0.368. The van der Waals surface area contributed by atoms with Gasteiger partial charge in [-0.2, -0.15) is 5.10 Å². The Labute approximate surface area is 134 Å². The minimum absolute atomic E-state index is 0.248. The van der Waals surface area contributed by atoms with Crippen molar-refractivity contribution in [2.24, 2.45) is 5.73 Å². The molecule has 7 heteroatoms. The van der Waals surface area contributed by atoms with Crippen LogP contribution < -0.4 is 16.4 Å². The number of H-pyrrole nitrogens is 1. The van der Waals surface area contributed by atoms with E-state index in [4.69, 9.17) is 5.73 Å². The van der Waals surface area contributed by atoms with E-state index in [0.717, 1.165) is 5.69 Å². The van der Waals surface area contributed by atoms with Crippen LogP contribution in [0, 0.1) is 0 Å². The normalized spacial score (nSPS) is 10.6. The number of anilines is 1. The van der Waals surface area contributed by atoms with Gasteiger partial charge in [-0.05, 0) is 24.1 Å². The van der Waals surface area contributed by atoms with Crippen molar-refractivity contribution in [3.8, 4) is 0 Å². The number of para-hydroxylation sites is 1. The molecule has 5 N–H and O–H groups in total. The molecule has 7 nitrogen and oxygen atoms in total. The van der Waals surface area contributed by atoms with Gasteiger partial charge in [-0.3, -0.25) is 14.7 Å². The van der Waals surface area contributed by atoms with Gasteiger partial charge >= 0.3 is 0 Å². The van der Waals surface area contributed by atoms with Crippen LogP contribution in [0.4, 0.5) is 5.69 Å². The zero-order valence-corrected chi connectivity index (χ0v) is 13.2. The van der Waals surface area contributed by atoms with Gasteiger partial charge in [-0.1, -0.05) is 26.0 Å². The van der Waals surface area contributed by atoms with Crippen molar-refractivity contribution in [2.75, 3.05) is 18.4 Å². The van der Waals surface area contributed by atoms with E-state index in [9.17, 15) is 9.59 Å². The summed E-state index contributed by atoms with van der Waals surface area (Å²) in [5, 5.41) is 12.2. The molecule has 1 aromatic heterocycles. The number of nitrogens with zero attached hydrogens (tertiary/aromatic N) is 1. The molecule has 0 radical (unpaired) electrons. The van der Waals surface area contributed by atoms with Crippen molar-refractivity contribution >= 4 is 17.5 Å². The third kappa shape index (κ3) is 4.17. The lowest BCUT2D eigenvalue weighted by Gasteiger charge is -2.10. The summed E-state index contributed by atoms with van der Waals surface area (Å²) < 4.78 is 0. The number of hydrogen-bond donors (Lipinski definition) is 4. The van der Waals surface area contributed by atoms with Crippen LogP contribution in [-0.2, 0) is 0 Å². The van der Waals surface area contributed by atoms with E-state index < -0.39 is 0 Å². The predicted octanol–water partition coefficient (Wildman–Crippen LogP) is 1.47. The molecule has 1 aromatic carbocycles. The van der Waals surface area contributed by atoms with Crippen LogP contribution in [0.25, 0.3) is 0 Å². The van der Waals surface area contributed by atoms with Crippen LogP contribution >= 0.6 is 0 Å². The number of amides is 2. The molecule has 2 amide bonds. The largest absolute Gasteiger partial charge is 0.351 e. The summed E-state index contributed by atoms with van der Waals surface area (Å²) in [4.78, 5) is 24.4. The second-order valence-electron chi connectivity index (χ2n) is 5.41. The van der Waals surface area contributed by atoms with E-state index >= 15 is 0 Å². The van der Waals surface area contributed by atoms with E-state index in [1.807, 2.05) is 13.8 Å². The summed E-state index contributed by atoms with van der Waals surface area (Å²) in [6.07, 6.45) is 0. The molecule has 0 bridgehead atoms. The molecule has 23 heavy (non-hydrogen) atoms. The first-order chi connectivity index (χ1) is 11.0. The van der Waals surface area contributed by atoms with Crippen molar-refractivity contribution in [3.63, 3.8) is 0 Å². The number of aromatic nitrogens is 2. The summed E-state index contributed by atoms with van der Waals surface area (Å²) >= 11 is 0. The Balaban J connectivity index is 2.15. The maximum atomic E-state index is 12.3. The number of carbonyl (C=O) groups is 2. The quantitative estimate of drug-likeness (QED) is 0.646. The molecule has 0 fully saturated rings. The Morgan fingerprint density at radius 2 is 2.00 bits per heavy atom. The highest BCUT2D eigenvalue weighted by atomic mass is 16.2. The average Bonchev–Trinajstić information content (AvgIpc) is 3.03. The van der Waals surface area contributed by atoms with Crippen LogP contribution in [0.5, 0.6) is 0 Å². The first-order valence-electron chi connectivity index (χ1n) is 7.47. The molecule has 0 saturated carbocycles. The predicted molar refractivity (Wildman–Crippen MR) is 88.5 cm³/mol. The van der Waals surface area contributed by atoms with E-state index in [2.05, 4.69) is 20.8 Å². The Kier molecular flexibility index (Phi) is 5.48. The lowest BCUT2D eigenvalue weighted by molar-refractivity contribution is 0.0955. The smallest absolute Gasteiger partial charge is 0.276 e. The van der Waals surface area contributed by atoms with Crippen LogP contribution in [0.2, 0.25) is 0 Å². The monoisotopic (exact) mass is 315 g/mol. The molecule has 1 heterocycles. The fourth-order valence-corrected chi connectivity index (χ4v) is 2.01. The van der Waals surface area contributed by atoms with Crippen LogP contribution in [0.1, 0.15) is 46.3 Å². The van der Waals surface area contributed by atoms with Crippen LogP contribution in [0.3, 0.4) is 0 Å². The second kappa shape index (κ2) is 7.55. The summed E-state index contributed by atoms with van der Waals surface area (Å²) in [5.74, 6) is -0.401. The van der Waals surface area contributed by atoms with Crippen molar-refractivity contribution < 1.29 is 9.59 Å². The Bertz CT molecular complexity index is 693. The minimum Gasteiger partial charge on any atom is -0.351 e. The van der Waals surface area contributed by atoms with Gasteiger partial charge in [0.25, 0.3) is 11.8 Å². The Morgan fingerprint density at radius 3 is 2.65 bits per heavy atom. The average molecular weight is 315 g/mol. The standard InChI is InChI=1S/C16H21N5O2/c1-10(2)13-9-14(21-20-13)16(23)19-12-6-4-3-5-11(12)15(22)18-8-7-17/h3-6,9-10H,7-8,17H2,1-2H3,(H,18,22)(H,19,23)(H,20,21). The zero-order valence-electron chi connectivity index (χ0n) is 13.2. The third-order valence-electron chi connectivity index (χ3n) is 3.30. The molecule has 0 spiro atoms. The second-order valence-corrected chi connectivity index (χ2v) is 5.41. The topological polar surface area (TPSA) is 113 Å². The van der Waals surface area contributed by atoms with Gasteiger partial charge in [0.2, 0.25) is 0 Å². The maximum Gasteiger partial charge on any atom is 0.276 e. The number of hydrogen-bond acceptors (Lipinski definition) is 4. The van der Waals surface area contributed by atoms with E-state index in [1.165, 1.54) is 0 Å². The molecule has 0 aliphatic heterocycles. The first-order valence-corrected chi connectivity index (χ1v) is 7.47. The van der Waals surface area contributed by atoms with Crippen molar-refractivity contribution in [1.82, 2.24) is 15.5 Å². The SMILES string of the molecule is CC(C)c1cc(C(=O)Nc2ccccc2C(=O)NCCN)n[nH]1. The highest BCUT2D eigenvalue weighted by Crippen LogP contribution is 2.17. The van der Waals surface area contributed by atoms with Crippen LogP contribution in [0.15, 0.2) is 30.3 Å². The molecule has 122 valence electrons. The third-order valence-corrected chi connectivity index (χ3v) is 3.30. The Hall–Kier alpha value is -2.67. The number of carbonyl (C=O) groups excluding carboxylic acids is 2. The van der Waals surface area contributed by atoms with Gasteiger partial charge in [-0.15, -0.1) is 0 Å². The van der Waals surface area contributed by atoms with Gasteiger partial charge in [0.15, 0.2) is 5.69 Å². The van der Waals surface area contributed by atoms with Crippen molar-refractivity contribution in [2.45, 2.75) is 19.8 Å². The van der Waals surface area contributed by atoms with Gasteiger partial charge in [0.05, 0.1) is 11.3 Å². The van der Waals surface area contributed by atoms with Crippen molar-refractivity contribution in [3.05, 3.63) is 47.3 Å². The van der Waals surface area contributed by atoms with Gasteiger partial charge in [0, 0.05) is 18.8 Å². The summed E-state index contributed by atoms with van der Waals surface area (Å²) in [6.45, 7) is 4.74. The fourth-order valence-electron chi connectivity index (χ4n) is 2.01. The lowest BCUT2D eigenvalue weighted by atomic mass is 10.1. The number of aromatic amines is 1. The number of rotatable bonds is 6. The van der Waals surface area contributed by atoms with E-state index in [-0.39, 0.29) is 23.4 Å². The van der Waals surface area contributed by atoms with E-state index in [0.29, 0.717) is 24.3 Å².